The monoisotopic (exact) mass is 527 g/mol. The van der Waals surface area contributed by atoms with Crippen molar-refractivity contribution in [1.82, 2.24) is 24.3 Å². The van der Waals surface area contributed by atoms with E-state index in [0.29, 0.717) is 17.3 Å². The van der Waals surface area contributed by atoms with E-state index in [4.69, 9.17) is 16.6 Å². The topological polar surface area (TPSA) is 64.1 Å². The third kappa shape index (κ3) is 3.96. The fourth-order valence-corrected chi connectivity index (χ4v) is 5.37. The third-order valence-electron chi connectivity index (χ3n) is 7.12. The summed E-state index contributed by atoms with van der Waals surface area (Å²) < 4.78 is 17.8. The zero-order valence-electron chi connectivity index (χ0n) is 21.4. The van der Waals surface area contributed by atoms with Gasteiger partial charge in [0.2, 0.25) is 0 Å². The molecular weight excluding hydrogens is 501 g/mol. The Morgan fingerprint density at radius 3 is 2.50 bits per heavy atom. The lowest BCUT2D eigenvalue weighted by molar-refractivity contribution is 0.613. The van der Waals surface area contributed by atoms with Crippen LogP contribution in [0.4, 0.5) is 10.1 Å². The molecule has 2 aromatic heterocycles. The van der Waals surface area contributed by atoms with Crippen LogP contribution < -0.4 is 4.90 Å². The molecule has 2 aromatic carbocycles. The van der Waals surface area contributed by atoms with E-state index in [-0.39, 0.29) is 11.9 Å². The van der Waals surface area contributed by atoms with Crippen LogP contribution in [0.1, 0.15) is 50.8 Å². The molecule has 0 saturated heterocycles. The van der Waals surface area contributed by atoms with Crippen molar-refractivity contribution in [2.75, 3.05) is 4.90 Å². The number of fused-ring (bicyclic) bond motifs is 3. The summed E-state index contributed by atoms with van der Waals surface area (Å²) in [6.07, 6.45) is 8.21. The van der Waals surface area contributed by atoms with Crippen LogP contribution in [0.25, 0.3) is 22.9 Å². The second-order valence-corrected chi connectivity index (χ2v) is 9.79. The van der Waals surface area contributed by atoms with Gasteiger partial charge in [0, 0.05) is 28.7 Å². The number of halogens is 2. The lowest BCUT2D eigenvalue weighted by Gasteiger charge is -2.39. The van der Waals surface area contributed by atoms with Crippen molar-refractivity contribution < 1.29 is 4.39 Å². The van der Waals surface area contributed by atoms with Crippen LogP contribution in [0.3, 0.4) is 0 Å². The van der Waals surface area contributed by atoms with Crippen LogP contribution in [0, 0.1) is 12.7 Å². The van der Waals surface area contributed by atoms with Gasteiger partial charge in [0.05, 0.1) is 11.7 Å². The van der Waals surface area contributed by atoms with Gasteiger partial charge in [-0.25, -0.2) is 14.4 Å². The molecular formula is C29H27ClFN7. The number of aromatic nitrogens is 5. The molecule has 1 atom stereocenters. The number of hydrogen-bond acceptors (Lipinski definition) is 5. The molecule has 0 radical (unpaired) electrons. The minimum Gasteiger partial charge on any atom is -0.314 e. The zero-order valence-corrected chi connectivity index (χ0v) is 22.2. The van der Waals surface area contributed by atoms with E-state index in [9.17, 15) is 4.39 Å². The summed E-state index contributed by atoms with van der Waals surface area (Å²) in [5, 5.41) is 9.70. The maximum absolute atomic E-state index is 13.7. The van der Waals surface area contributed by atoms with Gasteiger partial charge >= 0.3 is 0 Å². The van der Waals surface area contributed by atoms with E-state index >= 15 is 0 Å². The SMILES string of the molecule is CCC1=C(n2ccnc2-c2ccc(F)cc2)N=C2C(=CC1)n1c(C)nnc1C(CC)N2c1ccc(Cl)cc1. The molecule has 38 heavy (non-hydrogen) atoms. The standard InChI is InChI=1S/C29H27ClFN7/c1-4-19-8-15-25-28(33-27(19)36-17-16-32-26(36)20-6-11-22(31)12-7-20)38(23-13-9-21(30)10-14-23)24(5-2)29-35-34-18(3)37(25)29/h6-7,9-17,24H,4-5,8H2,1-3H3. The van der Waals surface area contributed by atoms with E-state index in [2.05, 4.69) is 44.6 Å². The van der Waals surface area contributed by atoms with E-state index in [1.165, 1.54) is 12.1 Å². The van der Waals surface area contributed by atoms with Crippen LogP contribution in [-0.4, -0.2) is 30.2 Å². The highest BCUT2D eigenvalue weighted by atomic mass is 35.5. The fraction of sp³-hybridized carbons (Fsp3) is 0.241. The van der Waals surface area contributed by atoms with Gasteiger partial charge in [0.25, 0.3) is 0 Å². The average Bonchev–Trinajstić information content (AvgIpc) is 3.51. The average molecular weight is 528 g/mol. The Kier molecular flexibility index (Phi) is 6.19. The maximum Gasteiger partial charge on any atom is 0.160 e. The van der Waals surface area contributed by atoms with Crippen LogP contribution >= 0.6 is 11.6 Å². The molecule has 9 heteroatoms. The van der Waals surface area contributed by atoms with Gasteiger partial charge in [0.15, 0.2) is 11.7 Å². The molecule has 7 nitrogen and oxygen atoms in total. The summed E-state index contributed by atoms with van der Waals surface area (Å²) in [6.45, 7) is 6.26. The first-order valence-corrected chi connectivity index (χ1v) is 13.2. The highest BCUT2D eigenvalue weighted by molar-refractivity contribution is 6.31. The second-order valence-electron chi connectivity index (χ2n) is 9.35. The van der Waals surface area contributed by atoms with Crippen molar-refractivity contribution in [1.29, 1.82) is 0 Å². The molecule has 0 bridgehead atoms. The van der Waals surface area contributed by atoms with Gasteiger partial charge in [-0.05, 0) is 80.3 Å². The molecule has 6 rings (SSSR count). The van der Waals surface area contributed by atoms with Gasteiger partial charge in [-0.3, -0.25) is 9.13 Å². The van der Waals surface area contributed by atoms with Crippen molar-refractivity contribution in [3.8, 4) is 11.4 Å². The number of nitrogens with zero attached hydrogens (tertiary/aromatic N) is 7. The molecule has 0 aliphatic carbocycles. The molecule has 4 aromatic rings. The smallest absolute Gasteiger partial charge is 0.160 e. The summed E-state index contributed by atoms with van der Waals surface area (Å²) in [5.41, 5.74) is 3.91. The Morgan fingerprint density at radius 1 is 1.03 bits per heavy atom. The summed E-state index contributed by atoms with van der Waals surface area (Å²) in [5.74, 6) is 3.77. The number of rotatable bonds is 5. The number of imidazole rings is 1. The van der Waals surface area contributed by atoms with E-state index in [1.807, 2.05) is 42.0 Å². The van der Waals surface area contributed by atoms with Crippen molar-refractivity contribution in [3.63, 3.8) is 0 Å². The summed E-state index contributed by atoms with van der Waals surface area (Å²) in [6, 6.07) is 14.1. The number of anilines is 1. The largest absolute Gasteiger partial charge is 0.314 e. The molecule has 2 aliphatic heterocycles. The Labute approximate surface area is 225 Å². The molecule has 1 unspecified atom stereocenters. The quantitative estimate of drug-likeness (QED) is 0.277. The number of benzene rings is 2. The zero-order chi connectivity index (χ0) is 26.4. The second kappa shape index (κ2) is 9.68. The lowest BCUT2D eigenvalue weighted by atomic mass is 10.0. The first-order chi connectivity index (χ1) is 18.5. The Bertz CT molecular complexity index is 1590. The number of hydrogen-bond donors (Lipinski definition) is 0. The molecule has 2 aliphatic rings. The van der Waals surface area contributed by atoms with Gasteiger partial charge in [-0.2, -0.15) is 0 Å². The molecule has 0 fully saturated rings. The van der Waals surface area contributed by atoms with Crippen molar-refractivity contribution in [2.45, 2.75) is 46.1 Å². The Morgan fingerprint density at radius 2 is 1.79 bits per heavy atom. The van der Waals surface area contributed by atoms with E-state index in [0.717, 1.165) is 58.7 Å². The maximum atomic E-state index is 13.7. The van der Waals surface area contributed by atoms with Crippen LogP contribution in [0.2, 0.25) is 5.02 Å². The van der Waals surface area contributed by atoms with E-state index < -0.39 is 0 Å². The number of amidine groups is 1. The van der Waals surface area contributed by atoms with Crippen LogP contribution in [-0.2, 0) is 0 Å². The van der Waals surface area contributed by atoms with Gasteiger partial charge < -0.3 is 4.90 Å². The van der Waals surface area contributed by atoms with Gasteiger partial charge in [0.1, 0.15) is 23.3 Å². The highest BCUT2D eigenvalue weighted by Crippen LogP contribution is 2.41. The molecule has 0 saturated carbocycles. The van der Waals surface area contributed by atoms with Crippen molar-refractivity contribution in [3.05, 3.63) is 95.1 Å². The molecule has 192 valence electrons. The van der Waals surface area contributed by atoms with Crippen LogP contribution in [0.15, 0.2) is 77.6 Å². The summed E-state index contributed by atoms with van der Waals surface area (Å²) in [4.78, 5) is 12.2. The summed E-state index contributed by atoms with van der Waals surface area (Å²) >= 11 is 6.25. The molecule has 4 heterocycles. The van der Waals surface area contributed by atoms with Crippen molar-refractivity contribution in [2.24, 2.45) is 4.99 Å². The fourth-order valence-electron chi connectivity index (χ4n) is 5.25. The lowest BCUT2D eigenvalue weighted by Crippen LogP contribution is -2.42. The normalized spacial score (nSPS) is 17.1. The van der Waals surface area contributed by atoms with E-state index in [1.54, 1.807) is 18.3 Å². The highest BCUT2D eigenvalue weighted by Gasteiger charge is 2.38. The number of allylic oxidation sites excluding steroid dienone is 2. The van der Waals surface area contributed by atoms with Gasteiger partial charge in [-0.15, -0.1) is 10.2 Å². The third-order valence-corrected chi connectivity index (χ3v) is 7.37. The molecule has 0 spiro atoms. The Hall–Kier alpha value is -4.04. The predicted octanol–water partition coefficient (Wildman–Crippen LogP) is 7.14. The first kappa shape index (κ1) is 24.3. The Balaban J connectivity index is 1.59. The first-order valence-electron chi connectivity index (χ1n) is 12.8. The summed E-state index contributed by atoms with van der Waals surface area (Å²) in [7, 11) is 0. The number of aliphatic imine (C=N–C) groups is 1. The van der Waals surface area contributed by atoms with Crippen molar-refractivity contribution >= 4 is 34.6 Å². The number of aryl methyl sites for hydroxylation is 1. The molecule has 0 amide bonds. The van der Waals surface area contributed by atoms with Gasteiger partial charge in [-0.1, -0.05) is 31.5 Å². The predicted molar refractivity (Wildman–Crippen MR) is 149 cm³/mol. The minimum atomic E-state index is -0.282. The van der Waals surface area contributed by atoms with Crippen LogP contribution in [0.5, 0.6) is 0 Å². The molecule has 0 N–H and O–H groups in total. The minimum absolute atomic E-state index is 0.0722.